The Balaban J connectivity index is 2.72. The number of hydrogen-bond acceptors (Lipinski definition) is 5. The predicted octanol–water partition coefficient (Wildman–Crippen LogP) is 1.30. The maximum atomic E-state index is 12.1. The molecule has 0 fully saturated rings. The summed E-state index contributed by atoms with van der Waals surface area (Å²) >= 11 is 0. The van der Waals surface area contributed by atoms with Crippen molar-refractivity contribution in [2.24, 2.45) is 5.92 Å². The molecule has 0 bridgehead atoms. The molecule has 0 heterocycles. The van der Waals surface area contributed by atoms with Crippen LogP contribution in [-0.4, -0.2) is 39.5 Å². The smallest absolute Gasteiger partial charge is 0.338 e. The summed E-state index contributed by atoms with van der Waals surface area (Å²) in [6.45, 7) is 7.38. The number of amides is 1. The normalized spacial score (nSPS) is 11.6. The molecule has 1 amide bonds. The van der Waals surface area contributed by atoms with Crippen molar-refractivity contribution in [3.63, 3.8) is 0 Å². The molecule has 0 saturated carbocycles. The largest absolute Gasteiger partial charge is 0.452 e. The number of nitrogens with one attached hydrogen (secondary N) is 2. The Hall–Kier alpha value is -1.93. The van der Waals surface area contributed by atoms with Crippen LogP contribution in [-0.2, 0) is 19.6 Å². The number of carbonyl (C=O) groups excluding carboxylic acids is 2. The lowest BCUT2D eigenvalue weighted by molar-refractivity contribution is -0.124. The van der Waals surface area contributed by atoms with Crippen molar-refractivity contribution in [1.29, 1.82) is 0 Å². The third-order valence-electron chi connectivity index (χ3n) is 2.81. The van der Waals surface area contributed by atoms with Crippen molar-refractivity contribution in [3.05, 3.63) is 29.8 Å². The molecule has 0 saturated heterocycles. The molecule has 1 aromatic rings. The number of hydrogen-bond donors (Lipinski definition) is 2. The number of rotatable bonds is 8. The zero-order valence-electron chi connectivity index (χ0n) is 14.3. The Labute approximate surface area is 142 Å². The zero-order valence-corrected chi connectivity index (χ0v) is 15.1. The van der Waals surface area contributed by atoms with Gasteiger partial charge in [-0.3, -0.25) is 4.79 Å². The molecule has 0 unspecified atom stereocenters. The van der Waals surface area contributed by atoms with Crippen molar-refractivity contribution in [1.82, 2.24) is 10.0 Å². The molecule has 24 heavy (non-hydrogen) atoms. The third kappa shape index (κ3) is 6.67. The van der Waals surface area contributed by atoms with Crippen LogP contribution in [0, 0.1) is 5.92 Å². The molecule has 0 radical (unpaired) electrons. The second-order valence-corrected chi connectivity index (χ2v) is 7.79. The lowest BCUT2D eigenvalue weighted by Crippen LogP contribution is -2.31. The summed E-state index contributed by atoms with van der Waals surface area (Å²) in [6, 6.07) is 5.22. The Morgan fingerprint density at radius 1 is 1.17 bits per heavy atom. The topological polar surface area (TPSA) is 102 Å². The molecule has 0 atom stereocenters. The van der Waals surface area contributed by atoms with E-state index in [9.17, 15) is 18.0 Å². The highest BCUT2D eigenvalue weighted by atomic mass is 32.2. The van der Waals surface area contributed by atoms with Crippen molar-refractivity contribution in [2.75, 3.05) is 13.2 Å². The second-order valence-electron chi connectivity index (χ2n) is 6.08. The molecule has 0 aromatic heterocycles. The first-order valence-electron chi connectivity index (χ1n) is 7.68. The Morgan fingerprint density at radius 3 is 2.42 bits per heavy atom. The van der Waals surface area contributed by atoms with E-state index in [1.54, 1.807) is 13.8 Å². The zero-order chi connectivity index (χ0) is 18.3. The fourth-order valence-corrected chi connectivity index (χ4v) is 3.05. The number of benzene rings is 1. The Morgan fingerprint density at radius 2 is 1.83 bits per heavy atom. The SMILES string of the molecule is CC(C)CNC(=O)COC(=O)c1cccc(S(=O)(=O)NC(C)C)c1. The Bertz CT molecular complexity index is 683. The van der Waals surface area contributed by atoms with E-state index in [4.69, 9.17) is 4.74 Å². The van der Waals surface area contributed by atoms with Gasteiger partial charge in [-0.05, 0) is 38.0 Å². The molecule has 0 aliphatic rings. The summed E-state index contributed by atoms with van der Waals surface area (Å²) in [5.41, 5.74) is 0.0679. The van der Waals surface area contributed by atoms with E-state index < -0.39 is 28.5 Å². The van der Waals surface area contributed by atoms with Crippen LogP contribution in [0.1, 0.15) is 38.1 Å². The summed E-state index contributed by atoms with van der Waals surface area (Å²) in [6.07, 6.45) is 0. The number of esters is 1. The summed E-state index contributed by atoms with van der Waals surface area (Å²) < 4.78 is 31.6. The van der Waals surface area contributed by atoms with E-state index in [0.29, 0.717) is 12.5 Å². The molecule has 134 valence electrons. The number of carbonyl (C=O) groups is 2. The highest BCUT2D eigenvalue weighted by Crippen LogP contribution is 2.13. The minimum Gasteiger partial charge on any atom is -0.452 e. The monoisotopic (exact) mass is 356 g/mol. The van der Waals surface area contributed by atoms with Crippen LogP contribution in [0.3, 0.4) is 0 Å². The van der Waals surface area contributed by atoms with E-state index in [1.165, 1.54) is 24.3 Å². The van der Waals surface area contributed by atoms with Gasteiger partial charge >= 0.3 is 5.97 Å². The number of ether oxygens (including phenoxy) is 1. The van der Waals surface area contributed by atoms with Gasteiger partial charge < -0.3 is 10.1 Å². The average Bonchev–Trinajstić information content (AvgIpc) is 2.49. The van der Waals surface area contributed by atoms with Gasteiger partial charge in [0.25, 0.3) is 5.91 Å². The minimum absolute atomic E-state index is 0.0325. The van der Waals surface area contributed by atoms with Gasteiger partial charge in [-0.1, -0.05) is 19.9 Å². The molecule has 1 aromatic carbocycles. The quantitative estimate of drug-likeness (QED) is 0.684. The highest BCUT2D eigenvalue weighted by molar-refractivity contribution is 7.89. The standard InChI is InChI=1S/C16H24N2O5S/c1-11(2)9-17-15(19)10-23-16(20)13-6-5-7-14(8-13)24(21,22)18-12(3)4/h5-8,11-12,18H,9-10H2,1-4H3,(H,17,19). The van der Waals surface area contributed by atoms with Crippen molar-refractivity contribution in [2.45, 2.75) is 38.6 Å². The molecule has 8 heteroatoms. The molecule has 0 aliphatic carbocycles. The predicted molar refractivity (Wildman–Crippen MR) is 90.0 cm³/mol. The first-order chi connectivity index (χ1) is 11.1. The summed E-state index contributed by atoms with van der Waals surface area (Å²) in [7, 11) is -3.70. The summed E-state index contributed by atoms with van der Waals surface area (Å²) in [5, 5.41) is 2.62. The van der Waals surface area contributed by atoms with Gasteiger partial charge in [-0.2, -0.15) is 0 Å². The first-order valence-corrected chi connectivity index (χ1v) is 9.16. The van der Waals surface area contributed by atoms with Crippen LogP contribution in [0.15, 0.2) is 29.2 Å². The van der Waals surface area contributed by atoms with Crippen molar-refractivity contribution >= 4 is 21.9 Å². The molecule has 0 aliphatic heterocycles. The first kappa shape index (κ1) is 20.1. The van der Waals surface area contributed by atoms with E-state index in [1.807, 2.05) is 13.8 Å². The highest BCUT2D eigenvalue weighted by Gasteiger charge is 2.18. The van der Waals surface area contributed by atoms with Gasteiger partial charge in [-0.15, -0.1) is 0 Å². The van der Waals surface area contributed by atoms with Gasteiger partial charge in [0.15, 0.2) is 6.61 Å². The van der Waals surface area contributed by atoms with Gasteiger partial charge in [0.05, 0.1) is 10.5 Å². The van der Waals surface area contributed by atoms with Crippen LogP contribution < -0.4 is 10.0 Å². The minimum atomic E-state index is -3.70. The average molecular weight is 356 g/mol. The molecule has 2 N–H and O–H groups in total. The van der Waals surface area contributed by atoms with Crippen LogP contribution in [0.4, 0.5) is 0 Å². The molecular weight excluding hydrogens is 332 g/mol. The van der Waals surface area contributed by atoms with Gasteiger partial charge in [-0.25, -0.2) is 17.9 Å². The molecule has 7 nitrogen and oxygen atoms in total. The van der Waals surface area contributed by atoms with Crippen LogP contribution in [0.2, 0.25) is 0 Å². The lowest BCUT2D eigenvalue weighted by Gasteiger charge is -2.11. The Kier molecular flexibility index (Phi) is 7.37. The maximum absolute atomic E-state index is 12.1. The van der Waals surface area contributed by atoms with Crippen molar-refractivity contribution < 1.29 is 22.7 Å². The van der Waals surface area contributed by atoms with E-state index in [2.05, 4.69) is 10.0 Å². The lowest BCUT2D eigenvalue weighted by atomic mass is 10.2. The van der Waals surface area contributed by atoms with Gasteiger partial charge in [0, 0.05) is 12.6 Å². The second kappa shape index (κ2) is 8.79. The third-order valence-corrected chi connectivity index (χ3v) is 4.47. The fraction of sp³-hybridized carbons (Fsp3) is 0.500. The molecule has 1 rings (SSSR count). The van der Waals surface area contributed by atoms with Crippen molar-refractivity contribution in [3.8, 4) is 0 Å². The maximum Gasteiger partial charge on any atom is 0.338 e. The summed E-state index contributed by atoms with van der Waals surface area (Å²) in [4.78, 5) is 23.5. The molecule has 0 spiro atoms. The van der Waals surface area contributed by atoms with Crippen LogP contribution >= 0.6 is 0 Å². The van der Waals surface area contributed by atoms with E-state index >= 15 is 0 Å². The van der Waals surface area contributed by atoms with E-state index in [0.717, 1.165) is 0 Å². The summed E-state index contributed by atoms with van der Waals surface area (Å²) in [5.74, 6) is -0.862. The fourth-order valence-electron chi connectivity index (χ4n) is 1.75. The van der Waals surface area contributed by atoms with Gasteiger partial charge in [0.2, 0.25) is 10.0 Å². The van der Waals surface area contributed by atoms with Gasteiger partial charge in [0.1, 0.15) is 0 Å². The molecular formula is C16H24N2O5S. The number of sulfonamides is 1. The van der Waals surface area contributed by atoms with Crippen LogP contribution in [0.25, 0.3) is 0 Å². The van der Waals surface area contributed by atoms with E-state index in [-0.39, 0.29) is 16.5 Å². The van der Waals surface area contributed by atoms with Crippen LogP contribution in [0.5, 0.6) is 0 Å².